The van der Waals surface area contributed by atoms with Gasteiger partial charge in [-0.1, -0.05) is 0 Å². The molecule has 0 saturated heterocycles. The fourth-order valence-electron chi connectivity index (χ4n) is 1.22. The van der Waals surface area contributed by atoms with E-state index < -0.39 is 5.97 Å². The van der Waals surface area contributed by atoms with Crippen LogP contribution in [-0.4, -0.2) is 33.4 Å². The number of amides is 2. The number of carboxylic acids is 1. The molecule has 0 saturated carbocycles. The van der Waals surface area contributed by atoms with Crippen molar-refractivity contribution in [2.45, 2.75) is 26.3 Å². The van der Waals surface area contributed by atoms with Gasteiger partial charge in [0.2, 0.25) is 0 Å². The van der Waals surface area contributed by atoms with Gasteiger partial charge in [-0.3, -0.25) is 9.48 Å². The summed E-state index contributed by atoms with van der Waals surface area (Å²) in [6, 6.07) is -0.356. The molecule has 0 spiro atoms. The Hall–Kier alpha value is -2.05. The van der Waals surface area contributed by atoms with E-state index in [1.165, 1.54) is 0 Å². The van der Waals surface area contributed by atoms with Gasteiger partial charge in [0.1, 0.15) is 0 Å². The van der Waals surface area contributed by atoms with Gasteiger partial charge in [-0.15, -0.1) is 0 Å². The first-order valence-electron chi connectivity index (χ1n) is 5.41. The molecule has 94 valence electrons. The molecule has 0 unspecified atom stereocenters. The number of aliphatic carboxylic acids is 1. The molecule has 0 aliphatic heterocycles. The molecule has 0 aromatic carbocycles. The molecule has 3 N–H and O–H groups in total. The maximum atomic E-state index is 11.3. The van der Waals surface area contributed by atoms with Crippen molar-refractivity contribution in [2.24, 2.45) is 0 Å². The summed E-state index contributed by atoms with van der Waals surface area (Å²) in [5, 5.41) is 17.6. The smallest absolute Gasteiger partial charge is 0.319 e. The van der Waals surface area contributed by atoms with E-state index in [4.69, 9.17) is 5.11 Å². The molecule has 2 amide bonds. The molecule has 7 nitrogen and oxygen atoms in total. The second kappa shape index (κ2) is 6.51. The summed E-state index contributed by atoms with van der Waals surface area (Å²) < 4.78 is 1.69. The first-order chi connectivity index (χ1) is 8.11. The molecule has 1 aromatic rings. The molecule has 1 rings (SSSR count). The lowest BCUT2D eigenvalue weighted by atomic mass is 10.3. The van der Waals surface area contributed by atoms with Crippen LogP contribution in [0.5, 0.6) is 0 Å². The van der Waals surface area contributed by atoms with Crippen LogP contribution in [0.25, 0.3) is 0 Å². The minimum atomic E-state index is -0.864. The number of carbonyl (C=O) groups is 2. The number of nitrogens with zero attached hydrogens (tertiary/aromatic N) is 2. The van der Waals surface area contributed by atoms with Crippen LogP contribution in [0.1, 0.15) is 19.8 Å². The first kappa shape index (κ1) is 13.0. The molecule has 7 heteroatoms. The summed E-state index contributed by atoms with van der Waals surface area (Å²) in [7, 11) is 0. The van der Waals surface area contributed by atoms with Crippen LogP contribution in [0.15, 0.2) is 12.4 Å². The van der Waals surface area contributed by atoms with Crippen molar-refractivity contribution in [1.82, 2.24) is 15.1 Å². The molecule has 0 fully saturated rings. The predicted octanol–water partition coefficient (Wildman–Crippen LogP) is 0.889. The second-order valence-electron chi connectivity index (χ2n) is 3.46. The number of hydrogen-bond acceptors (Lipinski definition) is 3. The van der Waals surface area contributed by atoms with Gasteiger partial charge in [-0.05, 0) is 13.3 Å². The highest BCUT2D eigenvalue weighted by Gasteiger charge is 2.03. The number of aromatic nitrogens is 2. The van der Waals surface area contributed by atoms with E-state index in [1.807, 2.05) is 6.92 Å². The summed E-state index contributed by atoms with van der Waals surface area (Å²) >= 11 is 0. The van der Waals surface area contributed by atoms with Crippen LogP contribution in [0.2, 0.25) is 0 Å². The molecule has 0 atom stereocenters. The van der Waals surface area contributed by atoms with Crippen LogP contribution >= 0.6 is 0 Å². The maximum Gasteiger partial charge on any atom is 0.319 e. The minimum Gasteiger partial charge on any atom is -0.481 e. The van der Waals surface area contributed by atoms with E-state index in [0.29, 0.717) is 18.7 Å². The standard InChI is InChI=1S/C10H16N4O3/c1-2-14-7-8(6-12-14)13-10(17)11-5-3-4-9(15)16/h6-7H,2-5H2,1H3,(H,15,16)(H2,11,13,17). The summed E-state index contributed by atoms with van der Waals surface area (Å²) in [4.78, 5) is 21.6. The topological polar surface area (TPSA) is 96.2 Å². The van der Waals surface area contributed by atoms with E-state index >= 15 is 0 Å². The van der Waals surface area contributed by atoms with Crippen molar-refractivity contribution in [3.05, 3.63) is 12.4 Å². The monoisotopic (exact) mass is 240 g/mol. The molecule has 0 bridgehead atoms. The fourth-order valence-corrected chi connectivity index (χ4v) is 1.22. The Morgan fingerprint density at radius 1 is 1.53 bits per heavy atom. The van der Waals surface area contributed by atoms with Gasteiger partial charge in [-0.2, -0.15) is 5.10 Å². The van der Waals surface area contributed by atoms with E-state index in [1.54, 1.807) is 17.1 Å². The van der Waals surface area contributed by atoms with Gasteiger partial charge >= 0.3 is 12.0 Å². The number of rotatable bonds is 6. The highest BCUT2D eigenvalue weighted by atomic mass is 16.4. The van der Waals surface area contributed by atoms with E-state index in [9.17, 15) is 9.59 Å². The Labute approximate surface area is 98.8 Å². The number of carbonyl (C=O) groups excluding carboxylic acids is 1. The zero-order valence-electron chi connectivity index (χ0n) is 9.64. The molecule has 0 radical (unpaired) electrons. The predicted molar refractivity (Wildman–Crippen MR) is 61.8 cm³/mol. The first-order valence-corrected chi connectivity index (χ1v) is 5.41. The number of urea groups is 1. The van der Waals surface area contributed by atoms with E-state index in [-0.39, 0.29) is 12.5 Å². The van der Waals surface area contributed by atoms with Gasteiger partial charge in [0, 0.05) is 25.7 Å². The number of aryl methyl sites for hydroxylation is 1. The number of carboxylic acid groups (broad SMARTS) is 1. The summed E-state index contributed by atoms with van der Waals surface area (Å²) in [5.74, 6) is -0.864. The Morgan fingerprint density at radius 2 is 2.29 bits per heavy atom. The van der Waals surface area contributed by atoms with Crippen LogP contribution in [0.3, 0.4) is 0 Å². The molecule has 1 heterocycles. The zero-order valence-corrected chi connectivity index (χ0v) is 9.64. The second-order valence-corrected chi connectivity index (χ2v) is 3.46. The molecule has 17 heavy (non-hydrogen) atoms. The fraction of sp³-hybridized carbons (Fsp3) is 0.500. The highest BCUT2D eigenvalue weighted by molar-refractivity contribution is 5.88. The lowest BCUT2D eigenvalue weighted by Crippen LogP contribution is -2.29. The quantitative estimate of drug-likeness (QED) is 0.643. The molecule has 1 aromatic heterocycles. The molecular formula is C10H16N4O3. The minimum absolute atomic E-state index is 0.0497. The average Bonchev–Trinajstić information content (AvgIpc) is 2.72. The highest BCUT2D eigenvalue weighted by Crippen LogP contribution is 2.03. The van der Waals surface area contributed by atoms with Crippen molar-refractivity contribution in [3.63, 3.8) is 0 Å². The third kappa shape index (κ3) is 5.01. The van der Waals surface area contributed by atoms with Gasteiger partial charge in [0.05, 0.1) is 11.9 Å². The summed E-state index contributed by atoms with van der Waals surface area (Å²) in [6.45, 7) is 3.02. The third-order valence-electron chi connectivity index (χ3n) is 2.07. The number of nitrogens with one attached hydrogen (secondary N) is 2. The Balaban J connectivity index is 2.22. The Kier molecular flexibility index (Phi) is 4.99. The van der Waals surface area contributed by atoms with Gasteiger partial charge in [0.25, 0.3) is 0 Å². The van der Waals surface area contributed by atoms with Crippen LogP contribution < -0.4 is 10.6 Å². The molecular weight excluding hydrogens is 224 g/mol. The summed E-state index contributed by atoms with van der Waals surface area (Å²) in [5.41, 5.74) is 0.614. The number of anilines is 1. The average molecular weight is 240 g/mol. The van der Waals surface area contributed by atoms with Crippen LogP contribution in [0, 0.1) is 0 Å². The molecule has 0 aliphatic rings. The maximum absolute atomic E-state index is 11.3. The van der Waals surface area contributed by atoms with Gasteiger partial charge in [-0.25, -0.2) is 4.79 Å². The van der Waals surface area contributed by atoms with Gasteiger partial charge < -0.3 is 15.7 Å². The Bertz CT molecular complexity index is 389. The Morgan fingerprint density at radius 3 is 2.88 bits per heavy atom. The SMILES string of the molecule is CCn1cc(NC(=O)NCCCC(=O)O)cn1. The third-order valence-corrected chi connectivity index (χ3v) is 2.07. The van der Waals surface area contributed by atoms with Crippen molar-refractivity contribution in [2.75, 3.05) is 11.9 Å². The van der Waals surface area contributed by atoms with Crippen molar-refractivity contribution in [1.29, 1.82) is 0 Å². The molecule has 0 aliphatic carbocycles. The van der Waals surface area contributed by atoms with E-state index in [0.717, 1.165) is 6.54 Å². The van der Waals surface area contributed by atoms with Crippen molar-refractivity contribution >= 4 is 17.7 Å². The normalized spacial score (nSPS) is 9.94. The van der Waals surface area contributed by atoms with Crippen molar-refractivity contribution < 1.29 is 14.7 Å². The summed E-state index contributed by atoms with van der Waals surface area (Å²) in [6.07, 6.45) is 3.74. The van der Waals surface area contributed by atoms with Gasteiger partial charge in [0.15, 0.2) is 0 Å². The van der Waals surface area contributed by atoms with Crippen LogP contribution in [-0.2, 0) is 11.3 Å². The van der Waals surface area contributed by atoms with E-state index in [2.05, 4.69) is 15.7 Å². The van der Waals surface area contributed by atoms with Crippen molar-refractivity contribution in [3.8, 4) is 0 Å². The lowest BCUT2D eigenvalue weighted by molar-refractivity contribution is -0.137. The zero-order chi connectivity index (χ0) is 12.7. The largest absolute Gasteiger partial charge is 0.481 e. The van der Waals surface area contributed by atoms with Crippen LogP contribution in [0.4, 0.5) is 10.5 Å². The lowest BCUT2D eigenvalue weighted by Gasteiger charge is -2.04. The number of hydrogen-bond donors (Lipinski definition) is 3.